The molecular formula is C24H44Na2O7S. The predicted molar refractivity (Wildman–Crippen MR) is 122 cm³/mol. The number of carboxylic acids is 2. The van der Waals surface area contributed by atoms with Crippen LogP contribution in [0.3, 0.4) is 0 Å². The van der Waals surface area contributed by atoms with Crippen LogP contribution in [0.4, 0.5) is 0 Å². The number of carboxylic acid groups (broad SMARTS) is 2. The normalized spacial score (nSPS) is 16.1. The van der Waals surface area contributed by atoms with E-state index in [1.807, 2.05) is 0 Å². The van der Waals surface area contributed by atoms with Crippen LogP contribution in [0.2, 0.25) is 0 Å². The van der Waals surface area contributed by atoms with E-state index in [1.54, 1.807) is 13.8 Å². The van der Waals surface area contributed by atoms with Gasteiger partial charge in [0.1, 0.15) is 5.25 Å². The van der Waals surface area contributed by atoms with Gasteiger partial charge in [-0.1, -0.05) is 92.9 Å². The monoisotopic (exact) mass is 522 g/mol. The van der Waals surface area contributed by atoms with Gasteiger partial charge in [0.15, 0.2) is 0 Å². The molecule has 0 radical (unpaired) electrons. The summed E-state index contributed by atoms with van der Waals surface area (Å²) >= 11 is 0. The van der Waals surface area contributed by atoms with Crippen LogP contribution in [0.1, 0.15) is 106 Å². The van der Waals surface area contributed by atoms with Crippen molar-refractivity contribution in [3.05, 3.63) is 0 Å². The molecular weight excluding hydrogens is 478 g/mol. The summed E-state index contributed by atoms with van der Waals surface area (Å²) in [4.78, 5) is 24.3. The minimum atomic E-state index is -5.23. The van der Waals surface area contributed by atoms with Gasteiger partial charge < -0.3 is 19.8 Å². The van der Waals surface area contributed by atoms with Gasteiger partial charge in [0.2, 0.25) is 0 Å². The largest absolute Gasteiger partial charge is 1.00 e. The van der Waals surface area contributed by atoms with Crippen LogP contribution >= 0.6 is 0 Å². The summed E-state index contributed by atoms with van der Waals surface area (Å²) in [5, 5.41) is 21.8. The Hall–Kier alpha value is 0.850. The van der Waals surface area contributed by atoms with Crippen LogP contribution < -0.4 is 69.3 Å². The molecule has 0 saturated heterocycles. The first kappa shape index (κ1) is 39.4. The maximum absolute atomic E-state index is 12.5. The molecule has 0 aliphatic carbocycles. The fraction of sp³-hybridized carbons (Fsp3) is 0.917. The zero-order valence-electron chi connectivity index (χ0n) is 22.8. The van der Waals surface area contributed by atoms with Crippen molar-refractivity contribution >= 4 is 22.1 Å². The Morgan fingerprint density at radius 2 is 1.03 bits per heavy atom. The van der Waals surface area contributed by atoms with Crippen molar-refractivity contribution in [3.8, 4) is 0 Å². The van der Waals surface area contributed by atoms with E-state index in [1.165, 1.54) is 0 Å². The minimum Gasteiger partial charge on any atom is -0.549 e. The van der Waals surface area contributed by atoms with Gasteiger partial charge in [0.25, 0.3) is 10.1 Å². The van der Waals surface area contributed by atoms with Crippen LogP contribution in [0.5, 0.6) is 0 Å². The summed E-state index contributed by atoms with van der Waals surface area (Å²) in [6.07, 6.45) is 7.54. The third-order valence-corrected chi connectivity index (χ3v) is 7.95. The number of aliphatic carboxylic acids is 2. The molecule has 10 heteroatoms. The smallest absolute Gasteiger partial charge is 0.549 e. The van der Waals surface area contributed by atoms with Crippen molar-refractivity contribution in [1.29, 1.82) is 0 Å². The van der Waals surface area contributed by atoms with E-state index >= 15 is 0 Å². The molecule has 0 aromatic carbocycles. The van der Waals surface area contributed by atoms with Gasteiger partial charge in [0, 0.05) is 11.4 Å². The van der Waals surface area contributed by atoms with Crippen LogP contribution in [0.15, 0.2) is 0 Å². The number of hydrogen-bond acceptors (Lipinski definition) is 6. The van der Waals surface area contributed by atoms with Crippen molar-refractivity contribution < 1.29 is 91.9 Å². The molecule has 0 aliphatic rings. The second-order valence-corrected chi connectivity index (χ2v) is 11.8. The van der Waals surface area contributed by atoms with E-state index in [9.17, 15) is 32.8 Å². The van der Waals surface area contributed by atoms with Crippen molar-refractivity contribution in [3.63, 3.8) is 0 Å². The number of hydrogen-bond donors (Lipinski definition) is 1. The topological polar surface area (TPSA) is 135 Å². The van der Waals surface area contributed by atoms with Gasteiger partial charge in [-0.25, -0.2) is 0 Å². The molecule has 7 nitrogen and oxygen atoms in total. The molecule has 190 valence electrons. The zero-order valence-corrected chi connectivity index (χ0v) is 27.6. The van der Waals surface area contributed by atoms with Crippen LogP contribution in [0.25, 0.3) is 0 Å². The Kier molecular flexibility index (Phi) is 22.0. The summed E-state index contributed by atoms with van der Waals surface area (Å²) in [5.74, 6) is -4.42. The first-order valence-electron chi connectivity index (χ1n) is 12.1. The summed E-state index contributed by atoms with van der Waals surface area (Å²) in [6, 6.07) is 0. The molecule has 0 fully saturated rings. The first-order chi connectivity index (χ1) is 14.7. The van der Waals surface area contributed by atoms with Crippen LogP contribution in [-0.2, 0) is 19.7 Å². The quantitative estimate of drug-likeness (QED) is 0.117. The molecule has 0 aliphatic heterocycles. The van der Waals surface area contributed by atoms with Crippen molar-refractivity contribution in [2.45, 2.75) is 111 Å². The number of carbonyl (C=O) groups is 2. The fourth-order valence-corrected chi connectivity index (χ4v) is 6.21. The number of rotatable bonds is 18. The first-order valence-corrected chi connectivity index (χ1v) is 13.6. The Bertz CT molecular complexity index is 657. The molecule has 0 saturated carbocycles. The molecule has 0 heterocycles. The van der Waals surface area contributed by atoms with Gasteiger partial charge >= 0.3 is 59.1 Å². The molecule has 3 unspecified atom stereocenters. The Balaban J connectivity index is -0.00000480. The molecule has 0 aromatic rings. The summed E-state index contributed by atoms with van der Waals surface area (Å²) in [6.45, 7) is 11.6. The summed E-state index contributed by atoms with van der Waals surface area (Å²) < 4.78 is 33.9. The van der Waals surface area contributed by atoms with Crippen molar-refractivity contribution in [2.75, 3.05) is 0 Å². The van der Waals surface area contributed by atoms with Gasteiger partial charge in [-0.15, -0.1) is 0 Å². The minimum absolute atomic E-state index is 0. The molecule has 34 heavy (non-hydrogen) atoms. The van der Waals surface area contributed by atoms with Gasteiger partial charge in [0.05, 0.1) is 5.97 Å². The van der Waals surface area contributed by atoms with Crippen LogP contribution in [-0.4, -0.2) is 30.2 Å². The Labute approximate surface area is 251 Å². The molecule has 0 aromatic heterocycles. The van der Waals surface area contributed by atoms with E-state index in [2.05, 4.69) is 27.7 Å². The SMILES string of the molecule is CC(C)CCCCCC(C)C(C(=O)[O-])(C(C)CCCCCC(C)C)C(C(=O)[O-])S(=O)(=O)O.[Na+].[Na+]. The summed E-state index contributed by atoms with van der Waals surface area (Å²) in [7, 11) is -5.23. The van der Waals surface area contributed by atoms with Gasteiger partial charge in [-0.2, -0.15) is 8.42 Å². The third-order valence-electron chi connectivity index (χ3n) is 6.77. The molecule has 1 N–H and O–H groups in total. The number of carbonyl (C=O) groups excluding carboxylic acids is 2. The average Bonchev–Trinajstić information content (AvgIpc) is 2.62. The Morgan fingerprint density at radius 1 is 0.706 bits per heavy atom. The molecule has 0 bridgehead atoms. The van der Waals surface area contributed by atoms with Gasteiger partial charge in [-0.05, 0) is 36.5 Å². The fourth-order valence-electron chi connectivity index (χ4n) is 4.91. The van der Waals surface area contributed by atoms with E-state index in [-0.39, 0.29) is 59.1 Å². The number of unbranched alkanes of at least 4 members (excludes halogenated alkanes) is 4. The second kappa shape index (κ2) is 19.0. The standard InChI is InChI=1S/C24H46O7S.2Na/c1-17(2)13-9-7-11-15-19(5)24(23(27)28,21(22(25)26)32(29,30)31)20(6)16-12-8-10-14-18(3)4;;/h17-21H,7-16H2,1-6H3,(H,25,26)(H,27,28)(H,29,30,31);;/q;2*+1/p-2. The van der Waals surface area contributed by atoms with E-state index in [4.69, 9.17) is 0 Å². The summed E-state index contributed by atoms with van der Waals surface area (Å²) in [5.41, 5.74) is -2.28. The maximum Gasteiger partial charge on any atom is 1.00 e. The van der Waals surface area contributed by atoms with Crippen molar-refractivity contribution in [1.82, 2.24) is 0 Å². The maximum atomic E-state index is 12.5. The van der Waals surface area contributed by atoms with Gasteiger partial charge in [-0.3, -0.25) is 4.55 Å². The predicted octanol–water partition coefficient (Wildman–Crippen LogP) is -2.78. The Morgan fingerprint density at radius 3 is 1.26 bits per heavy atom. The molecule has 0 amide bonds. The van der Waals surface area contributed by atoms with E-state index in [0.29, 0.717) is 37.5 Å². The zero-order chi connectivity index (χ0) is 25.1. The third kappa shape index (κ3) is 12.9. The van der Waals surface area contributed by atoms with E-state index < -0.39 is 44.6 Å². The molecule has 3 atom stereocenters. The average molecular weight is 523 g/mol. The second-order valence-electron chi connectivity index (χ2n) is 10.3. The van der Waals surface area contributed by atoms with E-state index in [0.717, 1.165) is 38.5 Å². The molecule has 0 rings (SSSR count). The molecule has 0 spiro atoms. The van der Waals surface area contributed by atoms with Crippen molar-refractivity contribution in [2.24, 2.45) is 29.1 Å². The van der Waals surface area contributed by atoms with Crippen LogP contribution in [0, 0.1) is 29.1 Å².